The maximum atomic E-state index is 12.3. The van der Waals surface area contributed by atoms with Gasteiger partial charge >= 0.3 is 0 Å². The number of hydrogen-bond donors (Lipinski definition) is 1. The van der Waals surface area contributed by atoms with E-state index in [9.17, 15) is 4.79 Å². The molecule has 3 rings (SSSR count). The molecule has 2 aromatic rings. The topological polar surface area (TPSA) is 72.3 Å². The maximum Gasteiger partial charge on any atom is 0.230 e. The number of aromatic nitrogens is 3. The molecule has 1 N–H and O–H groups in total. The summed E-state index contributed by atoms with van der Waals surface area (Å²) in [5.41, 5.74) is 2.53. The summed E-state index contributed by atoms with van der Waals surface area (Å²) in [4.78, 5) is 14.5. The summed E-state index contributed by atoms with van der Waals surface area (Å²) >= 11 is 1.45. The Hall–Kier alpha value is -2.06. The lowest BCUT2D eigenvalue weighted by Crippen LogP contribution is -2.38. The van der Waals surface area contributed by atoms with Crippen LogP contribution in [0.25, 0.3) is 0 Å². The molecule has 2 heterocycles. The van der Waals surface area contributed by atoms with Crippen molar-refractivity contribution in [3.63, 3.8) is 0 Å². The van der Waals surface area contributed by atoms with E-state index in [-0.39, 0.29) is 5.91 Å². The van der Waals surface area contributed by atoms with Gasteiger partial charge in [-0.25, -0.2) is 0 Å². The van der Waals surface area contributed by atoms with Gasteiger partial charge in [-0.05, 0) is 30.4 Å². The molecule has 1 saturated heterocycles. The Labute approximate surface area is 177 Å². The second-order valence-corrected chi connectivity index (χ2v) is 8.64. The standard InChI is InChI=1S/C21H31N5O2S/c1-16(2)14-26-20(25-10-12-28-13-11-25)23-24-21(26)29-15-19(27)22-9-8-18-7-5-4-6-17(18)3/h4-7,16H,8-15H2,1-3H3,(H,22,27). The van der Waals surface area contributed by atoms with Crippen molar-refractivity contribution in [3.05, 3.63) is 35.4 Å². The smallest absolute Gasteiger partial charge is 0.230 e. The number of thioether (sulfide) groups is 1. The van der Waals surface area contributed by atoms with E-state index in [1.165, 1.54) is 22.9 Å². The first kappa shape index (κ1) is 21.6. The van der Waals surface area contributed by atoms with Crippen molar-refractivity contribution in [3.8, 4) is 0 Å². The zero-order chi connectivity index (χ0) is 20.6. The molecule has 0 radical (unpaired) electrons. The molecule has 1 amide bonds. The Kier molecular flexibility index (Phi) is 7.94. The van der Waals surface area contributed by atoms with Gasteiger partial charge in [-0.2, -0.15) is 0 Å². The second kappa shape index (κ2) is 10.6. The Bertz CT molecular complexity index is 802. The highest BCUT2D eigenvalue weighted by Gasteiger charge is 2.21. The van der Waals surface area contributed by atoms with Gasteiger partial charge in [0.15, 0.2) is 5.16 Å². The van der Waals surface area contributed by atoms with Crippen molar-refractivity contribution in [1.82, 2.24) is 20.1 Å². The van der Waals surface area contributed by atoms with Gasteiger partial charge in [0.25, 0.3) is 0 Å². The summed E-state index contributed by atoms with van der Waals surface area (Å²) in [5, 5.41) is 12.6. The molecular formula is C21H31N5O2S. The van der Waals surface area contributed by atoms with Gasteiger partial charge in [0.05, 0.1) is 19.0 Å². The van der Waals surface area contributed by atoms with Gasteiger partial charge in [0.1, 0.15) is 0 Å². The highest BCUT2D eigenvalue weighted by atomic mass is 32.2. The lowest BCUT2D eigenvalue weighted by atomic mass is 10.1. The first-order chi connectivity index (χ1) is 14.0. The molecule has 0 bridgehead atoms. The highest BCUT2D eigenvalue weighted by molar-refractivity contribution is 7.99. The number of nitrogens with zero attached hydrogens (tertiary/aromatic N) is 4. The van der Waals surface area contributed by atoms with Crippen LogP contribution >= 0.6 is 11.8 Å². The van der Waals surface area contributed by atoms with E-state index in [0.29, 0.717) is 31.4 Å². The monoisotopic (exact) mass is 417 g/mol. The molecule has 1 fully saturated rings. The predicted octanol–water partition coefficient (Wildman–Crippen LogP) is 2.53. The number of rotatable bonds is 9. The predicted molar refractivity (Wildman–Crippen MR) is 117 cm³/mol. The van der Waals surface area contributed by atoms with Crippen molar-refractivity contribution in [2.24, 2.45) is 5.92 Å². The molecule has 7 nitrogen and oxygen atoms in total. The Morgan fingerprint density at radius 2 is 2.00 bits per heavy atom. The van der Waals surface area contributed by atoms with Gasteiger partial charge in [-0.1, -0.05) is 49.9 Å². The van der Waals surface area contributed by atoms with Crippen LogP contribution in [0.3, 0.4) is 0 Å². The van der Waals surface area contributed by atoms with Crippen LogP contribution in [0.4, 0.5) is 5.95 Å². The van der Waals surface area contributed by atoms with E-state index in [1.807, 2.05) is 12.1 Å². The van der Waals surface area contributed by atoms with Gasteiger partial charge < -0.3 is 15.0 Å². The quantitative estimate of drug-likeness (QED) is 0.632. The van der Waals surface area contributed by atoms with E-state index in [0.717, 1.165) is 37.2 Å². The third kappa shape index (κ3) is 6.21. The molecule has 1 aromatic heterocycles. The van der Waals surface area contributed by atoms with Gasteiger partial charge in [-0.3, -0.25) is 9.36 Å². The van der Waals surface area contributed by atoms with Crippen molar-refractivity contribution in [2.75, 3.05) is 43.5 Å². The first-order valence-electron chi connectivity index (χ1n) is 10.2. The van der Waals surface area contributed by atoms with Crippen LogP contribution in [0.1, 0.15) is 25.0 Å². The average Bonchev–Trinajstić information content (AvgIpc) is 3.10. The first-order valence-corrected chi connectivity index (χ1v) is 11.2. The number of anilines is 1. The molecule has 1 aliphatic heterocycles. The van der Waals surface area contributed by atoms with Crippen molar-refractivity contribution in [2.45, 2.75) is 38.9 Å². The summed E-state index contributed by atoms with van der Waals surface area (Å²) in [6, 6.07) is 8.28. The minimum Gasteiger partial charge on any atom is -0.378 e. The molecular weight excluding hydrogens is 386 g/mol. The number of nitrogens with one attached hydrogen (secondary N) is 1. The van der Waals surface area contributed by atoms with E-state index in [4.69, 9.17) is 4.74 Å². The van der Waals surface area contributed by atoms with Crippen LogP contribution in [-0.2, 0) is 22.5 Å². The summed E-state index contributed by atoms with van der Waals surface area (Å²) in [7, 11) is 0. The number of ether oxygens (including phenoxy) is 1. The molecule has 1 aromatic carbocycles. The summed E-state index contributed by atoms with van der Waals surface area (Å²) < 4.78 is 7.59. The summed E-state index contributed by atoms with van der Waals surface area (Å²) in [6.07, 6.45) is 0.841. The molecule has 0 spiro atoms. The summed E-state index contributed by atoms with van der Waals surface area (Å²) in [6.45, 7) is 11.0. The van der Waals surface area contributed by atoms with E-state index >= 15 is 0 Å². The van der Waals surface area contributed by atoms with E-state index in [2.05, 4.69) is 57.9 Å². The fourth-order valence-corrected chi connectivity index (χ4v) is 4.09. The van der Waals surface area contributed by atoms with Crippen LogP contribution in [0.5, 0.6) is 0 Å². The van der Waals surface area contributed by atoms with Crippen LogP contribution in [-0.4, -0.2) is 59.3 Å². The minimum absolute atomic E-state index is 0.0237. The molecule has 0 unspecified atom stereocenters. The Morgan fingerprint density at radius 1 is 1.24 bits per heavy atom. The second-order valence-electron chi connectivity index (χ2n) is 7.70. The van der Waals surface area contributed by atoms with Crippen LogP contribution < -0.4 is 10.2 Å². The molecule has 0 atom stereocenters. The fraction of sp³-hybridized carbons (Fsp3) is 0.571. The Morgan fingerprint density at radius 3 is 2.72 bits per heavy atom. The molecule has 29 heavy (non-hydrogen) atoms. The molecule has 8 heteroatoms. The van der Waals surface area contributed by atoms with E-state index in [1.54, 1.807) is 0 Å². The number of carbonyl (C=O) groups excluding carboxylic acids is 1. The third-order valence-electron chi connectivity index (χ3n) is 4.85. The lowest BCUT2D eigenvalue weighted by Gasteiger charge is -2.28. The van der Waals surface area contributed by atoms with Crippen LogP contribution in [0, 0.1) is 12.8 Å². The molecule has 0 saturated carbocycles. The van der Waals surface area contributed by atoms with Crippen LogP contribution in [0.2, 0.25) is 0 Å². The highest BCUT2D eigenvalue weighted by Crippen LogP contribution is 2.24. The lowest BCUT2D eigenvalue weighted by molar-refractivity contribution is -0.118. The number of aryl methyl sites for hydroxylation is 1. The fourth-order valence-electron chi connectivity index (χ4n) is 3.32. The van der Waals surface area contributed by atoms with Crippen molar-refractivity contribution in [1.29, 1.82) is 0 Å². The molecule has 1 aliphatic rings. The number of hydrogen-bond acceptors (Lipinski definition) is 6. The van der Waals surface area contributed by atoms with Gasteiger partial charge in [-0.15, -0.1) is 10.2 Å². The SMILES string of the molecule is Cc1ccccc1CCNC(=O)CSc1nnc(N2CCOCC2)n1CC(C)C. The summed E-state index contributed by atoms with van der Waals surface area (Å²) in [5.74, 6) is 1.71. The zero-order valence-electron chi connectivity index (χ0n) is 17.6. The third-order valence-corrected chi connectivity index (χ3v) is 5.82. The molecule has 0 aliphatic carbocycles. The maximum absolute atomic E-state index is 12.3. The zero-order valence-corrected chi connectivity index (χ0v) is 18.4. The average molecular weight is 418 g/mol. The van der Waals surface area contributed by atoms with Gasteiger partial charge in [0, 0.05) is 26.2 Å². The van der Waals surface area contributed by atoms with Gasteiger partial charge in [0.2, 0.25) is 11.9 Å². The number of amides is 1. The van der Waals surface area contributed by atoms with Crippen molar-refractivity contribution >= 4 is 23.6 Å². The largest absolute Gasteiger partial charge is 0.378 e. The Balaban J connectivity index is 1.54. The van der Waals surface area contributed by atoms with Crippen LogP contribution in [0.15, 0.2) is 29.4 Å². The number of morpholine rings is 1. The number of carbonyl (C=O) groups is 1. The number of benzene rings is 1. The van der Waals surface area contributed by atoms with E-state index < -0.39 is 0 Å². The normalized spacial score (nSPS) is 14.4. The van der Waals surface area contributed by atoms with Crippen molar-refractivity contribution < 1.29 is 9.53 Å². The molecule has 158 valence electrons. The minimum atomic E-state index is 0.0237.